The smallest absolute Gasteiger partial charge is 0.264 e. The van der Waals surface area contributed by atoms with Gasteiger partial charge < -0.3 is 9.73 Å². The average molecular weight is 347 g/mol. The Morgan fingerprint density at radius 1 is 1.46 bits per heavy atom. The first-order valence-electron chi connectivity index (χ1n) is 7.39. The first kappa shape index (κ1) is 16.3. The number of nitrogens with zero attached hydrogens (tertiary/aromatic N) is 4. The number of nitrogens with one attached hydrogen (secondary N) is 1. The number of carbonyl (C=O) groups is 1. The van der Waals surface area contributed by atoms with Crippen LogP contribution >= 0.6 is 11.8 Å². The van der Waals surface area contributed by atoms with Gasteiger partial charge in [0.05, 0.1) is 18.2 Å². The standard InChI is InChI=1S/C15H17N5O3S/c1-19-14-12(7-18-19)15(22)20(10-17-14)8-13(21)16-4-6-24-9-11-3-2-5-23-11/h2-3,5,7,10H,4,6,8-9H2,1H3,(H,16,21). The zero-order valence-corrected chi connectivity index (χ0v) is 14.0. The van der Waals surface area contributed by atoms with Gasteiger partial charge in [0.2, 0.25) is 5.91 Å². The van der Waals surface area contributed by atoms with E-state index in [2.05, 4.69) is 15.4 Å². The highest BCUT2D eigenvalue weighted by Gasteiger charge is 2.10. The fourth-order valence-electron chi connectivity index (χ4n) is 2.22. The van der Waals surface area contributed by atoms with Gasteiger partial charge in [-0.15, -0.1) is 0 Å². The lowest BCUT2D eigenvalue weighted by Gasteiger charge is -2.07. The maximum absolute atomic E-state index is 12.3. The number of thioether (sulfide) groups is 1. The molecule has 0 bridgehead atoms. The zero-order valence-electron chi connectivity index (χ0n) is 13.1. The van der Waals surface area contributed by atoms with Crippen LogP contribution < -0.4 is 10.9 Å². The summed E-state index contributed by atoms with van der Waals surface area (Å²) in [6.07, 6.45) is 4.48. The lowest BCUT2D eigenvalue weighted by molar-refractivity contribution is -0.121. The highest BCUT2D eigenvalue weighted by atomic mass is 32.2. The Balaban J connectivity index is 1.48. The number of fused-ring (bicyclic) bond motifs is 1. The number of carbonyl (C=O) groups excluding carboxylic acids is 1. The van der Waals surface area contributed by atoms with E-state index in [1.165, 1.54) is 21.8 Å². The van der Waals surface area contributed by atoms with E-state index in [0.717, 1.165) is 17.3 Å². The number of hydrogen-bond donors (Lipinski definition) is 1. The lowest BCUT2D eigenvalue weighted by atomic mass is 10.4. The summed E-state index contributed by atoms with van der Waals surface area (Å²) in [6, 6.07) is 3.77. The SMILES string of the molecule is Cn1ncc2c(=O)n(CC(=O)NCCSCc3ccco3)cnc21. The average Bonchev–Trinajstić information content (AvgIpc) is 3.20. The number of hydrogen-bond acceptors (Lipinski definition) is 6. The molecule has 0 aliphatic heterocycles. The molecule has 3 heterocycles. The quantitative estimate of drug-likeness (QED) is 0.635. The third-order valence-corrected chi connectivity index (χ3v) is 4.41. The van der Waals surface area contributed by atoms with Crippen molar-refractivity contribution < 1.29 is 9.21 Å². The topological polar surface area (TPSA) is 95.0 Å². The predicted octanol–water partition coefficient (Wildman–Crippen LogP) is 0.773. The number of furan rings is 1. The van der Waals surface area contributed by atoms with Crippen LogP contribution in [0, 0.1) is 0 Å². The van der Waals surface area contributed by atoms with Gasteiger partial charge in [-0.2, -0.15) is 16.9 Å². The van der Waals surface area contributed by atoms with Gasteiger partial charge in [0.25, 0.3) is 5.56 Å². The van der Waals surface area contributed by atoms with E-state index in [1.54, 1.807) is 25.1 Å². The summed E-state index contributed by atoms with van der Waals surface area (Å²) in [6.45, 7) is 0.473. The van der Waals surface area contributed by atoms with Gasteiger partial charge in [0, 0.05) is 19.3 Å². The molecule has 3 rings (SSSR count). The molecule has 9 heteroatoms. The number of amides is 1. The number of rotatable bonds is 7. The van der Waals surface area contributed by atoms with Crippen molar-refractivity contribution >= 4 is 28.7 Å². The van der Waals surface area contributed by atoms with Gasteiger partial charge in [-0.25, -0.2) is 4.98 Å². The van der Waals surface area contributed by atoms with Crippen molar-refractivity contribution in [2.45, 2.75) is 12.3 Å². The van der Waals surface area contributed by atoms with Gasteiger partial charge in [-0.3, -0.25) is 18.8 Å². The van der Waals surface area contributed by atoms with E-state index in [1.807, 2.05) is 12.1 Å². The molecule has 0 atom stereocenters. The minimum atomic E-state index is -0.268. The number of aryl methyl sites for hydroxylation is 1. The second-order valence-electron chi connectivity index (χ2n) is 5.16. The highest BCUT2D eigenvalue weighted by molar-refractivity contribution is 7.98. The van der Waals surface area contributed by atoms with Crippen LogP contribution in [0.1, 0.15) is 5.76 Å². The normalized spacial score (nSPS) is 11.0. The van der Waals surface area contributed by atoms with Crippen LogP contribution in [0.2, 0.25) is 0 Å². The van der Waals surface area contributed by atoms with Gasteiger partial charge in [0.1, 0.15) is 24.0 Å². The molecule has 0 saturated carbocycles. The third kappa shape index (κ3) is 3.67. The molecule has 1 N–H and O–H groups in total. The minimum Gasteiger partial charge on any atom is -0.468 e. The van der Waals surface area contributed by atoms with Crippen molar-refractivity contribution in [3.8, 4) is 0 Å². The van der Waals surface area contributed by atoms with E-state index in [4.69, 9.17) is 4.42 Å². The van der Waals surface area contributed by atoms with Crippen LogP contribution in [0.25, 0.3) is 11.0 Å². The first-order valence-corrected chi connectivity index (χ1v) is 8.54. The molecule has 0 aromatic carbocycles. The van der Waals surface area contributed by atoms with E-state index in [-0.39, 0.29) is 18.0 Å². The maximum atomic E-state index is 12.3. The molecule has 0 saturated heterocycles. The molecule has 8 nitrogen and oxygen atoms in total. The van der Waals surface area contributed by atoms with Gasteiger partial charge in [0.15, 0.2) is 5.65 Å². The van der Waals surface area contributed by atoms with E-state index in [9.17, 15) is 9.59 Å². The fraction of sp³-hybridized carbons (Fsp3) is 0.333. The summed E-state index contributed by atoms with van der Waals surface area (Å²) in [5.41, 5.74) is 0.237. The molecule has 1 amide bonds. The third-order valence-electron chi connectivity index (χ3n) is 3.43. The largest absolute Gasteiger partial charge is 0.468 e. The predicted molar refractivity (Wildman–Crippen MR) is 90.6 cm³/mol. The first-order chi connectivity index (χ1) is 11.6. The molecule has 0 aliphatic carbocycles. The van der Waals surface area contributed by atoms with Crippen LogP contribution in [0.5, 0.6) is 0 Å². The minimum absolute atomic E-state index is 0.0560. The van der Waals surface area contributed by atoms with Crippen molar-refractivity contribution in [1.29, 1.82) is 0 Å². The van der Waals surface area contributed by atoms with Crippen LogP contribution in [-0.2, 0) is 24.1 Å². The van der Waals surface area contributed by atoms with Crippen molar-refractivity contribution in [3.63, 3.8) is 0 Å². The molecule has 0 unspecified atom stereocenters. The van der Waals surface area contributed by atoms with Crippen molar-refractivity contribution in [2.24, 2.45) is 7.05 Å². The lowest BCUT2D eigenvalue weighted by Crippen LogP contribution is -2.33. The molecule has 3 aromatic heterocycles. The van der Waals surface area contributed by atoms with Crippen LogP contribution in [0.15, 0.2) is 40.1 Å². The van der Waals surface area contributed by atoms with Crippen LogP contribution in [-0.4, -0.2) is 37.5 Å². The summed E-state index contributed by atoms with van der Waals surface area (Å²) >= 11 is 1.67. The molecular formula is C15H17N5O3S. The Labute approximate surface area is 141 Å². The molecular weight excluding hydrogens is 330 g/mol. The highest BCUT2D eigenvalue weighted by Crippen LogP contribution is 2.11. The molecule has 0 radical (unpaired) electrons. The molecule has 0 spiro atoms. The van der Waals surface area contributed by atoms with Crippen molar-refractivity contribution in [3.05, 3.63) is 47.0 Å². The molecule has 24 heavy (non-hydrogen) atoms. The van der Waals surface area contributed by atoms with E-state index in [0.29, 0.717) is 17.6 Å². The Morgan fingerprint density at radius 3 is 3.12 bits per heavy atom. The summed E-state index contributed by atoms with van der Waals surface area (Å²) in [7, 11) is 1.71. The van der Waals surface area contributed by atoms with Crippen molar-refractivity contribution in [2.75, 3.05) is 12.3 Å². The summed E-state index contributed by atoms with van der Waals surface area (Å²) < 4.78 is 8.04. The molecule has 0 aliphatic rings. The Kier molecular flexibility index (Phi) is 4.99. The van der Waals surface area contributed by atoms with Gasteiger partial charge in [-0.1, -0.05) is 0 Å². The second-order valence-corrected chi connectivity index (χ2v) is 6.27. The van der Waals surface area contributed by atoms with Crippen molar-refractivity contribution in [1.82, 2.24) is 24.6 Å². The summed E-state index contributed by atoms with van der Waals surface area (Å²) in [4.78, 5) is 28.4. The monoisotopic (exact) mass is 347 g/mol. The summed E-state index contributed by atoms with van der Waals surface area (Å²) in [5, 5.41) is 7.20. The van der Waals surface area contributed by atoms with Crippen LogP contribution in [0.3, 0.4) is 0 Å². The van der Waals surface area contributed by atoms with Crippen LogP contribution in [0.4, 0.5) is 0 Å². The molecule has 126 valence electrons. The Hall–Kier alpha value is -2.55. The summed E-state index contributed by atoms with van der Waals surface area (Å²) in [5.74, 6) is 2.22. The fourth-order valence-corrected chi connectivity index (χ4v) is 2.98. The van der Waals surface area contributed by atoms with E-state index >= 15 is 0 Å². The second kappa shape index (κ2) is 7.35. The van der Waals surface area contributed by atoms with Gasteiger partial charge in [-0.05, 0) is 12.1 Å². The Bertz CT molecular complexity index is 884. The Morgan fingerprint density at radius 2 is 2.33 bits per heavy atom. The van der Waals surface area contributed by atoms with E-state index < -0.39 is 0 Å². The number of aromatic nitrogens is 4. The van der Waals surface area contributed by atoms with Gasteiger partial charge >= 0.3 is 0 Å². The molecule has 3 aromatic rings. The zero-order chi connectivity index (χ0) is 16.9. The molecule has 0 fully saturated rings. The maximum Gasteiger partial charge on any atom is 0.264 e.